The van der Waals surface area contributed by atoms with E-state index < -0.39 is 0 Å². The molecule has 0 radical (unpaired) electrons. The van der Waals surface area contributed by atoms with E-state index in [1.807, 2.05) is 0 Å². The minimum absolute atomic E-state index is 0.0636. The predicted octanol–water partition coefficient (Wildman–Crippen LogP) is 4.09. The van der Waals surface area contributed by atoms with E-state index in [0.717, 1.165) is 18.1 Å². The van der Waals surface area contributed by atoms with Crippen molar-refractivity contribution in [1.29, 1.82) is 0 Å². The molecule has 0 bridgehead atoms. The van der Waals surface area contributed by atoms with Crippen LogP contribution >= 0.6 is 12.2 Å². The van der Waals surface area contributed by atoms with Gasteiger partial charge in [0.2, 0.25) is 0 Å². The third-order valence-corrected chi connectivity index (χ3v) is 5.35. The lowest BCUT2D eigenvalue weighted by Crippen LogP contribution is -2.42. The van der Waals surface area contributed by atoms with Crippen molar-refractivity contribution in [1.82, 2.24) is 4.90 Å². The summed E-state index contributed by atoms with van der Waals surface area (Å²) in [7, 11) is 2.17. The van der Waals surface area contributed by atoms with Gasteiger partial charge in [-0.25, -0.2) is 0 Å². The number of nitrogens with zero attached hydrogens (tertiary/aromatic N) is 2. The van der Waals surface area contributed by atoms with Gasteiger partial charge >= 0.3 is 0 Å². The molecule has 1 saturated heterocycles. The summed E-state index contributed by atoms with van der Waals surface area (Å²) < 4.78 is 0. The number of likely N-dealkylation sites (N-methyl/N-ethyl adjacent to an activating group) is 1. The number of benzene rings is 1. The molecule has 2 aliphatic heterocycles. The molecule has 0 unspecified atom stereocenters. The van der Waals surface area contributed by atoms with E-state index >= 15 is 0 Å². The van der Waals surface area contributed by atoms with Crippen LogP contribution in [0.5, 0.6) is 0 Å². The number of hydrogen-bond donors (Lipinski definition) is 0. The van der Waals surface area contributed by atoms with E-state index in [1.165, 1.54) is 35.2 Å². The monoisotopic (exact) mass is 300 g/mol. The first kappa shape index (κ1) is 14.6. The van der Waals surface area contributed by atoms with Crippen LogP contribution in [0.25, 0.3) is 5.57 Å². The third kappa shape index (κ3) is 2.48. The van der Waals surface area contributed by atoms with Crippen molar-refractivity contribution in [3.05, 3.63) is 35.4 Å². The van der Waals surface area contributed by atoms with Crippen LogP contribution < -0.4 is 4.90 Å². The second-order valence-corrected chi connectivity index (χ2v) is 7.16. The highest BCUT2D eigenvalue weighted by atomic mass is 32.1. The van der Waals surface area contributed by atoms with Crippen LogP contribution in [0.1, 0.15) is 44.7 Å². The number of anilines is 1. The maximum Gasteiger partial charge on any atom is 0.109 e. The Balaban J connectivity index is 1.98. The molecule has 0 aliphatic carbocycles. The minimum atomic E-state index is 0.0636. The van der Waals surface area contributed by atoms with E-state index in [2.05, 4.69) is 61.9 Å². The van der Waals surface area contributed by atoms with Gasteiger partial charge in [0.05, 0.1) is 5.54 Å². The van der Waals surface area contributed by atoms with Gasteiger partial charge in [0, 0.05) is 37.0 Å². The molecule has 3 heteroatoms. The van der Waals surface area contributed by atoms with Gasteiger partial charge in [-0.1, -0.05) is 18.3 Å². The first-order valence-corrected chi connectivity index (χ1v) is 8.18. The summed E-state index contributed by atoms with van der Waals surface area (Å²) in [5.74, 6) is 0. The zero-order chi connectivity index (χ0) is 15.2. The highest BCUT2D eigenvalue weighted by molar-refractivity contribution is 7.80. The Morgan fingerprint density at radius 2 is 1.86 bits per heavy atom. The Kier molecular flexibility index (Phi) is 3.56. The smallest absolute Gasteiger partial charge is 0.109 e. The Morgan fingerprint density at radius 3 is 2.52 bits per heavy atom. The van der Waals surface area contributed by atoms with E-state index in [-0.39, 0.29) is 5.54 Å². The lowest BCUT2D eigenvalue weighted by Gasteiger charge is -2.40. The van der Waals surface area contributed by atoms with Gasteiger partial charge < -0.3 is 9.80 Å². The number of allylic oxidation sites excluding steroid dienone is 1. The quantitative estimate of drug-likeness (QED) is 0.721. The molecule has 3 rings (SSSR count). The average Bonchev–Trinajstić information content (AvgIpc) is 2.97. The fourth-order valence-electron chi connectivity index (χ4n) is 3.40. The van der Waals surface area contributed by atoms with E-state index in [0.29, 0.717) is 0 Å². The molecule has 2 heterocycles. The lowest BCUT2D eigenvalue weighted by molar-refractivity contribution is 0.530. The van der Waals surface area contributed by atoms with Crippen LogP contribution in [0.15, 0.2) is 24.3 Å². The molecule has 0 amide bonds. The Labute approximate surface area is 133 Å². The molecular weight excluding hydrogens is 276 g/mol. The summed E-state index contributed by atoms with van der Waals surface area (Å²) in [4.78, 5) is 5.69. The molecule has 0 N–H and O–H groups in total. The van der Waals surface area contributed by atoms with E-state index in [1.54, 1.807) is 0 Å². The summed E-state index contributed by atoms with van der Waals surface area (Å²) in [5.41, 5.74) is 5.21. The van der Waals surface area contributed by atoms with Crippen molar-refractivity contribution in [2.75, 3.05) is 25.0 Å². The molecule has 1 fully saturated rings. The molecule has 112 valence electrons. The van der Waals surface area contributed by atoms with Gasteiger partial charge in [0.25, 0.3) is 0 Å². The number of fused-ring (bicyclic) bond motifs is 1. The fourth-order valence-corrected chi connectivity index (χ4v) is 3.70. The van der Waals surface area contributed by atoms with Crippen LogP contribution in [0.2, 0.25) is 0 Å². The van der Waals surface area contributed by atoms with E-state index in [4.69, 9.17) is 12.2 Å². The minimum Gasteiger partial charge on any atom is -0.366 e. The highest BCUT2D eigenvalue weighted by Gasteiger charge is 2.29. The zero-order valence-corrected chi connectivity index (χ0v) is 14.3. The first-order chi connectivity index (χ1) is 9.90. The van der Waals surface area contributed by atoms with Gasteiger partial charge in [0.1, 0.15) is 4.99 Å². The van der Waals surface area contributed by atoms with Gasteiger partial charge in [-0.15, -0.1) is 0 Å². The number of thiocarbonyl (C=S) groups is 1. The van der Waals surface area contributed by atoms with Crippen LogP contribution in [0, 0.1) is 0 Å². The van der Waals surface area contributed by atoms with Gasteiger partial charge in [-0.3, -0.25) is 0 Å². The predicted molar refractivity (Wildman–Crippen MR) is 95.1 cm³/mol. The average molecular weight is 300 g/mol. The lowest BCUT2D eigenvalue weighted by atomic mass is 9.88. The molecular formula is C18H24N2S. The first-order valence-electron chi connectivity index (χ1n) is 7.77. The van der Waals surface area contributed by atoms with Gasteiger partial charge in [-0.05, 0) is 57.4 Å². The molecule has 0 atom stereocenters. The van der Waals surface area contributed by atoms with Crippen molar-refractivity contribution < 1.29 is 0 Å². The van der Waals surface area contributed by atoms with Crippen molar-refractivity contribution in [2.45, 2.75) is 39.2 Å². The van der Waals surface area contributed by atoms with Crippen molar-refractivity contribution in [3.8, 4) is 0 Å². The maximum absolute atomic E-state index is 5.69. The van der Waals surface area contributed by atoms with Crippen molar-refractivity contribution in [3.63, 3.8) is 0 Å². The Bertz CT molecular complexity index is 610. The Hall–Kier alpha value is -1.35. The van der Waals surface area contributed by atoms with Crippen LogP contribution in [-0.2, 0) is 0 Å². The molecule has 1 aromatic carbocycles. The molecule has 1 aromatic rings. The summed E-state index contributed by atoms with van der Waals surface area (Å²) >= 11 is 5.69. The van der Waals surface area contributed by atoms with Crippen molar-refractivity contribution in [2.24, 2.45) is 0 Å². The molecule has 2 nitrogen and oxygen atoms in total. The van der Waals surface area contributed by atoms with E-state index in [9.17, 15) is 0 Å². The second kappa shape index (κ2) is 5.13. The number of hydrogen-bond acceptors (Lipinski definition) is 2. The fraction of sp³-hybridized carbons (Fsp3) is 0.500. The SMILES string of the molecule is CC1=CC(C)(C)N(C)c2ccc(C(=S)N3CCCC3)cc21. The topological polar surface area (TPSA) is 6.48 Å². The largest absolute Gasteiger partial charge is 0.366 e. The molecule has 0 aromatic heterocycles. The maximum atomic E-state index is 5.69. The van der Waals surface area contributed by atoms with Crippen molar-refractivity contribution >= 4 is 28.5 Å². The third-order valence-electron chi connectivity index (χ3n) is 4.86. The summed E-state index contributed by atoms with van der Waals surface area (Å²) in [6.45, 7) is 8.93. The molecule has 21 heavy (non-hydrogen) atoms. The number of likely N-dealkylation sites (tertiary alicyclic amines) is 1. The molecule has 0 spiro atoms. The molecule has 2 aliphatic rings. The van der Waals surface area contributed by atoms with Gasteiger partial charge in [-0.2, -0.15) is 0 Å². The van der Waals surface area contributed by atoms with Crippen LogP contribution in [0.4, 0.5) is 5.69 Å². The second-order valence-electron chi connectivity index (χ2n) is 6.77. The van der Waals surface area contributed by atoms with Gasteiger partial charge in [0.15, 0.2) is 0 Å². The normalized spacial score (nSPS) is 20.3. The van der Waals surface area contributed by atoms with Crippen LogP contribution in [0.3, 0.4) is 0 Å². The van der Waals surface area contributed by atoms with Crippen LogP contribution in [-0.4, -0.2) is 35.6 Å². The standard InChI is InChI=1S/C18H24N2S/c1-13-12-18(2,3)19(4)16-8-7-14(11-15(13)16)17(21)20-9-5-6-10-20/h7-8,11-12H,5-6,9-10H2,1-4H3. The number of rotatable bonds is 1. The summed E-state index contributed by atoms with van der Waals surface area (Å²) in [6, 6.07) is 6.68. The summed E-state index contributed by atoms with van der Waals surface area (Å²) in [5, 5.41) is 0. The Morgan fingerprint density at radius 1 is 1.19 bits per heavy atom. The zero-order valence-electron chi connectivity index (χ0n) is 13.4. The molecule has 0 saturated carbocycles. The summed E-state index contributed by atoms with van der Waals surface area (Å²) in [6.07, 6.45) is 4.87. The highest BCUT2D eigenvalue weighted by Crippen LogP contribution is 2.38.